The Kier molecular flexibility index (Phi) is 4.29. The molecular weight excluding hydrogens is 267 g/mol. The van der Waals surface area contributed by atoms with E-state index in [4.69, 9.17) is 5.26 Å². The molecule has 1 heterocycles. The van der Waals surface area contributed by atoms with Gasteiger partial charge in [-0.2, -0.15) is 22.8 Å². The highest BCUT2D eigenvalue weighted by molar-refractivity contribution is 7.86. The van der Waals surface area contributed by atoms with Crippen LogP contribution in [0.5, 0.6) is 0 Å². The zero-order valence-electron chi connectivity index (χ0n) is 9.64. The molecule has 1 rings (SSSR count). The lowest BCUT2D eigenvalue weighted by Crippen LogP contribution is -2.39. The quantitative estimate of drug-likeness (QED) is 0.512. The van der Waals surface area contributed by atoms with Crippen molar-refractivity contribution in [3.05, 3.63) is 29.6 Å². The van der Waals surface area contributed by atoms with Crippen molar-refractivity contribution in [2.24, 2.45) is 4.36 Å². The molecule has 1 N–H and O–H groups in total. The zero-order chi connectivity index (χ0) is 13.9. The van der Waals surface area contributed by atoms with Gasteiger partial charge in [0.25, 0.3) is 0 Å². The minimum absolute atomic E-state index is 0.0510. The second-order valence-electron chi connectivity index (χ2n) is 3.55. The van der Waals surface area contributed by atoms with Crippen molar-refractivity contribution in [2.75, 3.05) is 6.26 Å². The molecule has 0 saturated heterocycles. The molecule has 1 aromatic rings. The van der Waals surface area contributed by atoms with Crippen LogP contribution in [0.1, 0.15) is 23.4 Å². The summed E-state index contributed by atoms with van der Waals surface area (Å²) in [6, 6.07) is 2.08. The van der Waals surface area contributed by atoms with Crippen molar-refractivity contribution >= 4 is 10.7 Å². The van der Waals surface area contributed by atoms with E-state index in [0.717, 1.165) is 12.3 Å². The lowest BCUT2D eigenvalue weighted by Gasteiger charge is -2.10. The van der Waals surface area contributed by atoms with Crippen molar-refractivity contribution in [3.8, 4) is 6.19 Å². The number of nitrogens with zero attached hydrogens (tertiary/aromatic N) is 3. The fourth-order valence-corrected chi connectivity index (χ4v) is 2.13. The minimum atomic E-state index is -4.61. The summed E-state index contributed by atoms with van der Waals surface area (Å²) in [6.07, 6.45) is -0.262. The summed E-state index contributed by atoms with van der Waals surface area (Å²) in [5, 5.41) is 17.5. The molecule has 8 heteroatoms. The summed E-state index contributed by atoms with van der Waals surface area (Å²) in [6.45, 7) is 1.73. The maximum Gasteiger partial charge on any atom is 0.482 e. The van der Waals surface area contributed by atoms with Gasteiger partial charge in [0.05, 0.1) is 0 Å². The molecule has 1 aromatic heterocycles. The normalized spacial score (nSPS) is 15.1. The van der Waals surface area contributed by atoms with Crippen LogP contribution in [0.2, 0.25) is 0 Å². The molecule has 0 radical (unpaired) electrons. The number of aromatic nitrogens is 1. The fraction of sp³-hybridized carbons (Fsp3) is 0.400. The average Bonchev–Trinajstić information content (AvgIpc) is 2.26. The molecule has 0 amide bonds. The Labute approximate surface area is 104 Å². The summed E-state index contributed by atoms with van der Waals surface area (Å²) in [7, 11) is -0.644. The standard InChI is InChI=1S/C10H11F3N3OS/c1-7(18(2)15-6-14)8-3-4-9(10(11,12)13)16(17)5-8/h3-5,7,17H,1-2H3/q+1. The van der Waals surface area contributed by atoms with Crippen LogP contribution in [0.3, 0.4) is 0 Å². The van der Waals surface area contributed by atoms with Crippen molar-refractivity contribution in [1.29, 1.82) is 5.26 Å². The third-order valence-corrected chi connectivity index (χ3v) is 4.07. The number of rotatable bonds is 2. The van der Waals surface area contributed by atoms with E-state index in [1.807, 2.05) is 0 Å². The van der Waals surface area contributed by atoms with E-state index >= 15 is 0 Å². The van der Waals surface area contributed by atoms with E-state index in [2.05, 4.69) is 4.36 Å². The molecule has 2 atom stereocenters. The summed E-state index contributed by atoms with van der Waals surface area (Å²) in [5.41, 5.74) is -0.665. The van der Waals surface area contributed by atoms with Gasteiger partial charge >= 0.3 is 11.9 Å². The molecular formula is C10H11F3N3OS+. The molecule has 2 unspecified atom stereocenters. The molecule has 4 nitrogen and oxygen atoms in total. The lowest BCUT2D eigenvalue weighted by molar-refractivity contribution is -0.915. The molecule has 0 saturated carbocycles. The van der Waals surface area contributed by atoms with Gasteiger partial charge in [-0.25, -0.2) is 0 Å². The Hall–Kier alpha value is -1.62. The predicted octanol–water partition coefficient (Wildman–Crippen LogP) is 2.20. The highest BCUT2D eigenvalue weighted by Crippen LogP contribution is 2.27. The van der Waals surface area contributed by atoms with Crippen LogP contribution >= 0.6 is 0 Å². The van der Waals surface area contributed by atoms with Crippen molar-refractivity contribution in [2.45, 2.75) is 18.3 Å². The number of pyridine rings is 1. The monoisotopic (exact) mass is 278 g/mol. The van der Waals surface area contributed by atoms with E-state index in [0.29, 0.717) is 5.56 Å². The van der Waals surface area contributed by atoms with E-state index in [1.165, 1.54) is 6.07 Å². The zero-order valence-corrected chi connectivity index (χ0v) is 10.5. The van der Waals surface area contributed by atoms with Gasteiger partial charge < -0.3 is 0 Å². The lowest BCUT2D eigenvalue weighted by atomic mass is 10.2. The van der Waals surface area contributed by atoms with Crippen molar-refractivity contribution in [1.82, 2.24) is 0 Å². The second-order valence-corrected chi connectivity index (χ2v) is 5.48. The molecule has 0 spiro atoms. The highest BCUT2D eigenvalue weighted by atomic mass is 32.2. The maximum atomic E-state index is 12.4. The van der Waals surface area contributed by atoms with Crippen LogP contribution in [0.15, 0.2) is 22.7 Å². The Balaban J connectivity index is 3.13. The van der Waals surface area contributed by atoms with Crippen LogP contribution in [-0.4, -0.2) is 11.5 Å². The Bertz CT molecular complexity index is 522. The second kappa shape index (κ2) is 5.35. The van der Waals surface area contributed by atoms with Gasteiger partial charge in [-0.3, -0.25) is 5.21 Å². The van der Waals surface area contributed by atoms with Crippen LogP contribution in [0, 0.1) is 11.5 Å². The smallest absolute Gasteiger partial charge is 0.285 e. The van der Waals surface area contributed by atoms with Crippen LogP contribution in [0.4, 0.5) is 13.2 Å². The molecule has 98 valence electrons. The SMILES string of the molecule is CC(c1ccc(C(F)(F)F)[n+](O)c1)/S(C)=N\C#N. The largest absolute Gasteiger partial charge is 0.482 e. The summed E-state index contributed by atoms with van der Waals surface area (Å²) >= 11 is 0. The topological polar surface area (TPSA) is 60.3 Å². The summed E-state index contributed by atoms with van der Waals surface area (Å²) in [5.74, 6) is 0. The first-order valence-electron chi connectivity index (χ1n) is 4.84. The van der Waals surface area contributed by atoms with E-state index in [1.54, 1.807) is 19.4 Å². The number of alkyl halides is 3. The summed E-state index contributed by atoms with van der Waals surface area (Å²) < 4.78 is 40.9. The molecule has 0 aromatic carbocycles. The van der Waals surface area contributed by atoms with Gasteiger partial charge in [0, 0.05) is 21.6 Å². The molecule has 0 aliphatic rings. The Morgan fingerprint density at radius 1 is 1.50 bits per heavy atom. The van der Waals surface area contributed by atoms with E-state index in [9.17, 15) is 18.4 Å². The summed E-state index contributed by atoms with van der Waals surface area (Å²) in [4.78, 5) is 0. The minimum Gasteiger partial charge on any atom is -0.285 e. The number of halogens is 3. The Morgan fingerprint density at radius 2 is 2.11 bits per heavy atom. The molecule has 0 bridgehead atoms. The van der Waals surface area contributed by atoms with E-state index in [-0.39, 0.29) is 9.98 Å². The first kappa shape index (κ1) is 14.4. The van der Waals surface area contributed by atoms with Gasteiger partial charge in [-0.15, -0.1) is 0 Å². The highest BCUT2D eigenvalue weighted by Gasteiger charge is 2.42. The molecule has 0 fully saturated rings. The molecule has 18 heavy (non-hydrogen) atoms. The van der Waals surface area contributed by atoms with Crippen LogP contribution < -0.4 is 4.73 Å². The predicted molar refractivity (Wildman–Crippen MR) is 58.6 cm³/mol. The first-order chi connectivity index (χ1) is 8.27. The van der Waals surface area contributed by atoms with Gasteiger partial charge in [0.15, 0.2) is 0 Å². The fourth-order valence-electron chi connectivity index (χ4n) is 1.31. The number of hydrogen-bond acceptors (Lipinski definition) is 3. The third-order valence-electron chi connectivity index (χ3n) is 2.41. The maximum absolute atomic E-state index is 12.4. The number of nitriles is 1. The number of hydrogen-bond donors (Lipinski definition) is 1. The third kappa shape index (κ3) is 3.20. The Morgan fingerprint density at radius 3 is 2.56 bits per heavy atom. The van der Waals surface area contributed by atoms with Crippen molar-refractivity contribution in [3.63, 3.8) is 0 Å². The van der Waals surface area contributed by atoms with E-state index < -0.39 is 22.6 Å². The van der Waals surface area contributed by atoms with Gasteiger partial charge in [-0.05, 0) is 19.2 Å². The van der Waals surface area contributed by atoms with Crippen LogP contribution in [0.25, 0.3) is 0 Å². The molecule has 0 aliphatic carbocycles. The van der Waals surface area contributed by atoms with Gasteiger partial charge in [0.2, 0.25) is 12.4 Å². The average molecular weight is 278 g/mol. The van der Waals surface area contributed by atoms with Crippen molar-refractivity contribution < 1.29 is 23.1 Å². The first-order valence-corrected chi connectivity index (χ1v) is 6.49. The van der Waals surface area contributed by atoms with Crippen LogP contribution in [-0.2, 0) is 16.9 Å². The van der Waals surface area contributed by atoms with Gasteiger partial charge in [-0.1, -0.05) is 10.7 Å². The van der Waals surface area contributed by atoms with Gasteiger partial charge in [0.1, 0.15) is 0 Å². The molecule has 0 aliphatic heterocycles.